The number of hydrogen-bond acceptors (Lipinski definition) is 6. The molecule has 2 heterocycles. The monoisotopic (exact) mass is 441 g/mol. The van der Waals surface area contributed by atoms with E-state index in [0.29, 0.717) is 17.5 Å². The molecule has 5 atom stereocenters. The number of anilines is 1. The van der Waals surface area contributed by atoms with Gasteiger partial charge in [-0.3, -0.25) is 9.89 Å². The summed E-state index contributed by atoms with van der Waals surface area (Å²) in [4.78, 5) is 24.6. The van der Waals surface area contributed by atoms with Crippen molar-refractivity contribution in [1.29, 1.82) is 0 Å². The van der Waals surface area contributed by atoms with E-state index in [1.165, 1.54) is 25.7 Å². The predicted molar refractivity (Wildman–Crippen MR) is 116 cm³/mol. The first-order valence-corrected chi connectivity index (χ1v) is 11.8. The Bertz CT molecular complexity index is 969. The van der Waals surface area contributed by atoms with Crippen LogP contribution in [-0.2, 0) is 16.0 Å². The minimum Gasteiger partial charge on any atom is -0.446 e. The molecule has 3 N–H and O–H groups in total. The van der Waals surface area contributed by atoms with Crippen LogP contribution >= 0.6 is 0 Å². The van der Waals surface area contributed by atoms with Crippen molar-refractivity contribution < 1.29 is 18.8 Å². The van der Waals surface area contributed by atoms with Crippen LogP contribution in [0.3, 0.4) is 0 Å². The van der Waals surface area contributed by atoms with Gasteiger partial charge >= 0.3 is 6.09 Å². The van der Waals surface area contributed by atoms with Gasteiger partial charge in [0.1, 0.15) is 11.9 Å². The van der Waals surface area contributed by atoms with E-state index < -0.39 is 0 Å². The fourth-order valence-corrected chi connectivity index (χ4v) is 5.76. The number of nitrogens with one attached hydrogen (secondary N) is 3. The van der Waals surface area contributed by atoms with Crippen molar-refractivity contribution in [3.63, 3.8) is 0 Å². The third-order valence-corrected chi connectivity index (χ3v) is 7.26. The van der Waals surface area contributed by atoms with Gasteiger partial charge in [-0.25, -0.2) is 4.79 Å². The van der Waals surface area contributed by atoms with Gasteiger partial charge in [-0.2, -0.15) is 5.10 Å². The highest BCUT2D eigenvalue weighted by Gasteiger charge is 2.38. The van der Waals surface area contributed by atoms with Gasteiger partial charge in [-0.15, -0.1) is 0 Å². The first-order chi connectivity index (χ1) is 15.5. The number of aromatic amines is 1. The molecule has 2 amide bonds. The Labute approximate surface area is 187 Å². The number of ether oxygens (including phenoxy) is 1. The molecule has 172 valence electrons. The number of carbonyl (C=O) groups excluding carboxylic acids is 2. The molecule has 0 radical (unpaired) electrons. The minimum absolute atomic E-state index is 0.0863. The molecule has 32 heavy (non-hydrogen) atoms. The SMILES string of the molecule is Cc1cc(CC(=O)Nc2cc([C@H]3CC[C@@H](OC(=O)NC4CC5CCCC4C5)C3)[nH]n2)on1. The molecule has 3 aliphatic carbocycles. The number of fused-ring (bicyclic) bond motifs is 2. The van der Waals surface area contributed by atoms with Crippen LogP contribution in [0.5, 0.6) is 0 Å². The molecule has 9 heteroatoms. The van der Waals surface area contributed by atoms with E-state index in [2.05, 4.69) is 26.0 Å². The summed E-state index contributed by atoms with van der Waals surface area (Å²) in [6.07, 6.45) is 8.45. The van der Waals surface area contributed by atoms with Gasteiger partial charge < -0.3 is 19.9 Å². The summed E-state index contributed by atoms with van der Waals surface area (Å²) in [5, 5.41) is 16.9. The van der Waals surface area contributed by atoms with E-state index in [1.54, 1.807) is 6.07 Å². The summed E-state index contributed by atoms with van der Waals surface area (Å²) < 4.78 is 10.8. The molecular formula is C23H31N5O4. The molecule has 3 saturated carbocycles. The highest BCUT2D eigenvalue weighted by molar-refractivity contribution is 5.91. The highest BCUT2D eigenvalue weighted by Crippen LogP contribution is 2.42. The van der Waals surface area contributed by atoms with E-state index in [9.17, 15) is 9.59 Å². The van der Waals surface area contributed by atoms with Crippen molar-refractivity contribution in [2.75, 3.05) is 5.32 Å². The van der Waals surface area contributed by atoms with Gasteiger partial charge in [-0.05, 0) is 57.3 Å². The molecule has 3 aliphatic rings. The fraction of sp³-hybridized carbons (Fsp3) is 0.652. The molecule has 5 rings (SSSR count). The maximum Gasteiger partial charge on any atom is 0.407 e. The largest absolute Gasteiger partial charge is 0.446 e. The zero-order chi connectivity index (χ0) is 22.1. The number of amides is 2. The molecule has 0 saturated heterocycles. The van der Waals surface area contributed by atoms with Crippen LogP contribution in [0.15, 0.2) is 16.7 Å². The van der Waals surface area contributed by atoms with Crippen molar-refractivity contribution in [2.24, 2.45) is 11.8 Å². The molecule has 2 aromatic heterocycles. The number of aryl methyl sites for hydroxylation is 1. The summed E-state index contributed by atoms with van der Waals surface area (Å²) >= 11 is 0. The Morgan fingerprint density at radius 3 is 2.91 bits per heavy atom. The Morgan fingerprint density at radius 2 is 2.09 bits per heavy atom. The average molecular weight is 442 g/mol. The number of rotatable bonds is 6. The van der Waals surface area contributed by atoms with Gasteiger partial charge in [-0.1, -0.05) is 18.0 Å². The lowest BCUT2D eigenvalue weighted by atomic mass is 9.89. The second-order valence-electron chi connectivity index (χ2n) is 9.68. The lowest BCUT2D eigenvalue weighted by Crippen LogP contribution is -2.38. The van der Waals surface area contributed by atoms with Crippen LogP contribution < -0.4 is 10.6 Å². The van der Waals surface area contributed by atoms with Crippen molar-refractivity contribution in [3.05, 3.63) is 29.3 Å². The molecular weight excluding hydrogens is 410 g/mol. The van der Waals surface area contributed by atoms with E-state index in [4.69, 9.17) is 9.26 Å². The van der Waals surface area contributed by atoms with Gasteiger partial charge in [0, 0.05) is 29.8 Å². The number of carbonyl (C=O) groups is 2. The maximum atomic E-state index is 12.5. The number of H-pyrrole nitrogens is 1. The van der Waals surface area contributed by atoms with Gasteiger partial charge in [0.2, 0.25) is 5.91 Å². The van der Waals surface area contributed by atoms with Crippen LogP contribution in [0.2, 0.25) is 0 Å². The average Bonchev–Trinajstić information content (AvgIpc) is 3.52. The lowest BCUT2D eigenvalue weighted by molar-refractivity contribution is -0.115. The van der Waals surface area contributed by atoms with Gasteiger partial charge in [0.25, 0.3) is 0 Å². The molecule has 0 aliphatic heterocycles. The Hall–Kier alpha value is -2.84. The molecule has 0 aromatic carbocycles. The lowest BCUT2D eigenvalue weighted by Gasteiger charge is -2.22. The second kappa shape index (κ2) is 8.96. The molecule has 0 spiro atoms. The Morgan fingerprint density at radius 1 is 1.19 bits per heavy atom. The molecule has 3 fully saturated rings. The van der Waals surface area contributed by atoms with Crippen molar-refractivity contribution in [2.45, 2.75) is 82.8 Å². The number of hydrogen-bond donors (Lipinski definition) is 3. The number of alkyl carbamates (subject to hydrolysis) is 1. The van der Waals surface area contributed by atoms with E-state index in [1.807, 2.05) is 13.0 Å². The summed E-state index contributed by atoms with van der Waals surface area (Å²) in [5.41, 5.74) is 1.69. The zero-order valence-corrected chi connectivity index (χ0v) is 18.4. The summed E-state index contributed by atoms with van der Waals surface area (Å²) in [5.74, 6) is 2.43. The summed E-state index contributed by atoms with van der Waals surface area (Å²) in [6.45, 7) is 1.81. The first kappa shape index (κ1) is 21.0. The zero-order valence-electron chi connectivity index (χ0n) is 18.4. The molecule has 9 nitrogen and oxygen atoms in total. The topological polar surface area (TPSA) is 122 Å². The van der Waals surface area contributed by atoms with Crippen molar-refractivity contribution in [3.8, 4) is 0 Å². The van der Waals surface area contributed by atoms with Crippen molar-refractivity contribution in [1.82, 2.24) is 20.7 Å². The minimum atomic E-state index is -0.270. The van der Waals surface area contributed by atoms with Crippen LogP contribution in [0.25, 0.3) is 0 Å². The van der Waals surface area contributed by atoms with Crippen molar-refractivity contribution >= 4 is 17.8 Å². The van der Waals surface area contributed by atoms with Crippen LogP contribution in [0.4, 0.5) is 10.6 Å². The van der Waals surface area contributed by atoms with Crippen LogP contribution in [0, 0.1) is 18.8 Å². The highest BCUT2D eigenvalue weighted by atomic mass is 16.6. The fourth-order valence-electron chi connectivity index (χ4n) is 5.76. The maximum absolute atomic E-state index is 12.5. The Kier molecular flexibility index (Phi) is 5.89. The van der Waals surface area contributed by atoms with E-state index in [0.717, 1.165) is 43.0 Å². The van der Waals surface area contributed by atoms with E-state index in [-0.39, 0.29) is 36.5 Å². The third kappa shape index (κ3) is 4.81. The standard InChI is InChI=1S/C23H31N5O4/c1-13-7-18(32-28-13)11-22(29)25-21-12-20(26-27-21)16-5-6-17(10-16)31-23(30)24-19-9-14-3-2-4-15(19)8-14/h7,12,14-17,19H,2-6,8-11H2,1H3,(H,24,30)(H2,25,26,27,29)/t14?,15?,16-,17+,19?/m0/s1. The van der Waals surface area contributed by atoms with E-state index >= 15 is 0 Å². The second-order valence-corrected chi connectivity index (χ2v) is 9.68. The smallest absolute Gasteiger partial charge is 0.407 e. The summed E-state index contributed by atoms with van der Waals surface area (Å²) in [6, 6.07) is 3.88. The molecule has 2 aromatic rings. The quantitative estimate of drug-likeness (QED) is 0.626. The third-order valence-electron chi connectivity index (χ3n) is 7.26. The van der Waals surface area contributed by atoms with Crippen LogP contribution in [-0.4, -0.2) is 39.5 Å². The van der Waals surface area contributed by atoms with Crippen LogP contribution in [0.1, 0.15) is 74.4 Å². The number of nitrogens with zero attached hydrogens (tertiary/aromatic N) is 2. The van der Waals surface area contributed by atoms with Gasteiger partial charge in [0.05, 0.1) is 12.1 Å². The molecule has 2 bridgehead atoms. The van der Waals surface area contributed by atoms with Gasteiger partial charge in [0.15, 0.2) is 5.82 Å². The Balaban J connectivity index is 1.08. The summed E-state index contributed by atoms with van der Waals surface area (Å²) in [7, 11) is 0. The molecule has 3 unspecified atom stereocenters. The first-order valence-electron chi connectivity index (χ1n) is 11.8. The predicted octanol–water partition coefficient (Wildman–Crippen LogP) is 3.83. The number of aromatic nitrogens is 3. The normalized spacial score (nSPS) is 29.1.